The first-order valence-corrected chi connectivity index (χ1v) is 7.73. The summed E-state index contributed by atoms with van der Waals surface area (Å²) >= 11 is 0. The van der Waals surface area contributed by atoms with E-state index in [4.69, 9.17) is 4.74 Å². The van der Waals surface area contributed by atoms with Crippen molar-refractivity contribution in [2.75, 3.05) is 32.9 Å². The van der Waals surface area contributed by atoms with Gasteiger partial charge >= 0.3 is 0 Å². The molecule has 2 fully saturated rings. The molecule has 1 aliphatic heterocycles. The van der Waals surface area contributed by atoms with Crippen LogP contribution in [0.15, 0.2) is 0 Å². The van der Waals surface area contributed by atoms with Crippen LogP contribution in [0.25, 0.3) is 0 Å². The third kappa shape index (κ3) is 3.30. The van der Waals surface area contributed by atoms with Gasteiger partial charge in [0.1, 0.15) is 0 Å². The maximum absolute atomic E-state index is 9.81. The highest BCUT2D eigenvalue weighted by Crippen LogP contribution is 2.35. The normalized spacial score (nSPS) is 36.3. The fourth-order valence-electron chi connectivity index (χ4n) is 3.88. The minimum absolute atomic E-state index is 0.0634. The van der Waals surface area contributed by atoms with E-state index in [9.17, 15) is 5.11 Å². The number of aliphatic hydroxyl groups excluding tert-OH is 1. The van der Waals surface area contributed by atoms with Gasteiger partial charge in [0, 0.05) is 23.7 Å². The molecule has 2 N–H and O–H groups in total. The second-order valence-electron chi connectivity index (χ2n) is 6.78. The van der Waals surface area contributed by atoms with Crippen molar-refractivity contribution >= 4 is 0 Å². The van der Waals surface area contributed by atoms with E-state index in [1.807, 2.05) is 0 Å². The van der Waals surface area contributed by atoms with E-state index in [1.54, 1.807) is 0 Å². The molecule has 4 heteroatoms. The fourth-order valence-corrected chi connectivity index (χ4v) is 3.88. The highest BCUT2D eigenvalue weighted by atomic mass is 16.5. The van der Waals surface area contributed by atoms with Crippen LogP contribution in [0.3, 0.4) is 0 Å². The van der Waals surface area contributed by atoms with Crippen molar-refractivity contribution in [1.82, 2.24) is 10.2 Å². The maximum Gasteiger partial charge on any atom is 0.0645 e. The van der Waals surface area contributed by atoms with Crippen LogP contribution in [0.4, 0.5) is 0 Å². The Kier molecular flexibility index (Phi) is 4.88. The molecule has 2 aliphatic rings. The van der Waals surface area contributed by atoms with Gasteiger partial charge in [0.2, 0.25) is 0 Å². The molecule has 19 heavy (non-hydrogen) atoms. The van der Waals surface area contributed by atoms with Gasteiger partial charge in [-0.05, 0) is 46.1 Å². The molecule has 112 valence electrons. The zero-order valence-electron chi connectivity index (χ0n) is 12.7. The van der Waals surface area contributed by atoms with Gasteiger partial charge in [-0.2, -0.15) is 0 Å². The van der Waals surface area contributed by atoms with Crippen molar-refractivity contribution in [3.63, 3.8) is 0 Å². The molecule has 0 radical (unpaired) electrons. The number of nitrogens with zero attached hydrogens (tertiary/aromatic N) is 1. The van der Waals surface area contributed by atoms with Gasteiger partial charge in [-0.3, -0.25) is 4.90 Å². The number of hydrogen-bond acceptors (Lipinski definition) is 4. The molecule has 0 amide bonds. The Hall–Kier alpha value is -0.160. The van der Waals surface area contributed by atoms with Gasteiger partial charge in [-0.1, -0.05) is 6.92 Å². The number of morpholine rings is 1. The Bertz CT molecular complexity index is 292. The number of nitrogens with one attached hydrogen (secondary N) is 1. The quantitative estimate of drug-likeness (QED) is 0.810. The molecule has 1 saturated heterocycles. The van der Waals surface area contributed by atoms with E-state index >= 15 is 0 Å². The lowest BCUT2D eigenvalue weighted by atomic mass is 9.77. The minimum Gasteiger partial charge on any atom is -0.394 e. The summed E-state index contributed by atoms with van der Waals surface area (Å²) < 4.78 is 5.62. The smallest absolute Gasteiger partial charge is 0.0645 e. The predicted molar refractivity (Wildman–Crippen MR) is 77.4 cm³/mol. The largest absolute Gasteiger partial charge is 0.394 e. The Morgan fingerprint density at radius 2 is 2.21 bits per heavy atom. The molecule has 0 bridgehead atoms. The maximum atomic E-state index is 9.81. The molecule has 0 aromatic carbocycles. The molecule has 2 unspecified atom stereocenters. The summed E-state index contributed by atoms with van der Waals surface area (Å²) in [5, 5.41) is 13.3. The average Bonchev–Trinajstić information content (AvgIpc) is 2.39. The Morgan fingerprint density at radius 1 is 1.42 bits per heavy atom. The third-order valence-corrected chi connectivity index (χ3v) is 4.82. The van der Waals surface area contributed by atoms with Crippen molar-refractivity contribution in [3.8, 4) is 0 Å². The molecular formula is C15H30N2O2. The second-order valence-corrected chi connectivity index (χ2v) is 6.78. The molecule has 4 nitrogen and oxygen atoms in total. The average molecular weight is 270 g/mol. The van der Waals surface area contributed by atoms with E-state index in [1.165, 1.54) is 12.8 Å². The van der Waals surface area contributed by atoms with Crippen LogP contribution in [0, 0.1) is 0 Å². The summed E-state index contributed by atoms with van der Waals surface area (Å²) in [5.41, 5.74) is 0.0553. The SMILES string of the molecule is CCNC1(CO)CCCC(N2CCOCC2(C)C)C1. The zero-order chi connectivity index (χ0) is 13.9. The lowest BCUT2D eigenvalue weighted by molar-refractivity contribution is -0.0872. The van der Waals surface area contributed by atoms with Gasteiger partial charge in [-0.15, -0.1) is 0 Å². The lowest BCUT2D eigenvalue weighted by Crippen LogP contribution is -2.62. The van der Waals surface area contributed by atoms with Crippen LogP contribution in [0.5, 0.6) is 0 Å². The zero-order valence-corrected chi connectivity index (χ0v) is 12.7. The first-order valence-electron chi connectivity index (χ1n) is 7.73. The van der Waals surface area contributed by atoms with Crippen molar-refractivity contribution < 1.29 is 9.84 Å². The van der Waals surface area contributed by atoms with E-state index < -0.39 is 0 Å². The van der Waals surface area contributed by atoms with Crippen LogP contribution >= 0.6 is 0 Å². The molecular weight excluding hydrogens is 240 g/mol. The van der Waals surface area contributed by atoms with Crippen LogP contribution < -0.4 is 5.32 Å². The topological polar surface area (TPSA) is 44.7 Å². The molecule has 0 aromatic rings. The molecule has 1 aliphatic carbocycles. The van der Waals surface area contributed by atoms with Crippen molar-refractivity contribution in [2.24, 2.45) is 0 Å². The highest BCUT2D eigenvalue weighted by molar-refractivity contribution is 4.99. The first kappa shape index (κ1) is 15.2. The van der Waals surface area contributed by atoms with Gasteiger partial charge in [0.05, 0.1) is 19.8 Å². The van der Waals surface area contributed by atoms with Crippen molar-refractivity contribution in [1.29, 1.82) is 0 Å². The monoisotopic (exact) mass is 270 g/mol. The van der Waals surface area contributed by atoms with Gasteiger partial charge in [0.15, 0.2) is 0 Å². The van der Waals surface area contributed by atoms with E-state index in [0.29, 0.717) is 6.04 Å². The third-order valence-electron chi connectivity index (χ3n) is 4.82. The number of likely N-dealkylation sites (N-methyl/N-ethyl adjacent to an activating group) is 1. The summed E-state index contributed by atoms with van der Waals surface area (Å²) in [6.45, 7) is 10.5. The Labute approximate surface area is 117 Å². The minimum atomic E-state index is -0.0634. The molecule has 2 rings (SSSR count). The van der Waals surface area contributed by atoms with E-state index in [0.717, 1.165) is 39.1 Å². The number of hydrogen-bond donors (Lipinski definition) is 2. The van der Waals surface area contributed by atoms with E-state index in [2.05, 4.69) is 31.0 Å². The summed E-state index contributed by atoms with van der Waals surface area (Å²) in [7, 11) is 0. The van der Waals surface area contributed by atoms with Crippen LogP contribution in [-0.4, -0.2) is 60.0 Å². The van der Waals surface area contributed by atoms with Crippen LogP contribution in [-0.2, 0) is 4.74 Å². The van der Waals surface area contributed by atoms with Crippen molar-refractivity contribution in [3.05, 3.63) is 0 Å². The van der Waals surface area contributed by atoms with Gasteiger partial charge < -0.3 is 15.2 Å². The fraction of sp³-hybridized carbons (Fsp3) is 1.00. The second kappa shape index (κ2) is 6.08. The molecule has 2 atom stereocenters. The first-order chi connectivity index (χ1) is 9.03. The molecule has 0 spiro atoms. The van der Waals surface area contributed by atoms with Gasteiger partial charge in [-0.25, -0.2) is 0 Å². The number of aliphatic hydroxyl groups is 1. The van der Waals surface area contributed by atoms with E-state index in [-0.39, 0.29) is 17.7 Å². The van der Waals surface area contributed by atoms with Crippen LogP contribution in [0.1, 0.15) is 46.5 Å². The Morgan fingerprint density at radius 3 is 2.84 bits per heavy atom. The summed E-state index contributed by atoms with van der Waals surface area (Å²) in [6.07, 6.45) is 4.60. The molecule has 1 heterocycles. The number of rotatable bonds is 4. The Balaban J connectivity index is 2.07. The number of ether oxygens (including phenoxy) is 1. The van der Waals surface area contributed by atoms with Crippen LogP contribution in [0.2, 0.25) is 0 Å². The summed E-state index contributed by atoms with van der Waals surface area (Å²) in [6, 6.07) is 0.568. The highest BCUT2D eigenvalue weighted by Gasteiger charge is 2.42. The summed E-state index contributed by atoms with van der Waals surface area (Å²) in [4.78, 5) is 2.61. The van der Waals surface area contributed by atoms with Gasteiger partial charge in [0.25, 0.3) is 0 Å². The lowest BCUT2D eigenvalue weighted by Gasteiger charge is -2.51. The molecule has 1 saturated carbocycles. The standard InChI is InChI=1S/C15H30N2O2/c1-4-16-15(11-18)7-5-6-13(10-15)17-8-9-19-12-14(17,2)3/h13,16,18H,4-12H2,1-3H3. The van der Waals surface area contributed by atoms with Crippen molar-refractivity contribution in [2.45, 2.75) is 63.6 Å². The predicted octanol–water partition coefficient (Wildman–Crippen LogP) is 1.38. The summed E-state index contributed by atoms with van der Waals surface area (Å²) in [5.74, 6) is 0. The molecule has 0 aromatic heterocycles.